The minimum Gasteiger partial charge on any atom is -0.475 e. The van der Waals surface area contributed by atoms with Crippen molar-refractivity contribution in [1.29, 1.82) is 0 Å². The normalized spacial score (nSPS) is 9.55. The molecule has 0 aromatic carbocycles. The van der Waals surface area contributed by atoms with Gasteiger partial charge in [-0.1, -0.05) is 0 Å². The maximum atomic E-state index is 12.2. The van der Waals surface area contributed by atoms with E-state index in [9.17, 15) is 14.0 Å². The highest BCUT2D eigenvalue weighted by Gasteiger charge is 2.06. The lowest BCUT2D eigenvalue weighted by molar-refractivity contribution is 0.0683. The molecule has 5 nitrogen and oxygen atoms in total. The molecule has 0 amide bonds. The second-order valence-corrected chi connectivity index (χ2v) is 1.71. The summed E-state index contributed by atoms with van der Waals surface area (Å²) in [5.41, 5.74) is -1.09. The van der Waals surface area contributed by atoms with Crippen molar-refractivity contribution in [3.8, 4) is 0 Å². The minimum absolute atomic E-state index is 0.558. The molecule has 11 heavy (non-hydrogen) atoms. The summed E-state index contributed by atoms with van der Waals surface area (Å²) in [5, 5.41) is 8.25. The molecule has 2 N–H and O–H groups in total. The van der Waals surface area contributed by atoms with Gasteiger partial charge in [0.1, 0.15) is 0 Å². The minimum atomic E-state index is -1.40. The van der Waals surface area contributed by atoms with E-state index in [1.165, 1.54) is 0 Å². The van der Waals surface area contributed by atoms with E-state index in [2.05, 4.69) is 4.98 Å². The molecule has 0 radical (unpaired) electrons. The summed E-state index contributed by atoms with van der Waals surface area (Å²) < 4.78 is 12.2. The van der Waals surface area contributed by atoms with Crippen LogP contribution in [0.1, 0.15) is 10.6 Å². The van der Waals surface area contributed by atoms with Crippen LogP contribution in [0.25, 0.3) is 0 Å². The van der Waals surface area contributed by atoms with Crippen molar-refractivity contribution in [1.82, 2.24) is 9.97 Å². The number of rotatable bonds is 1. The zero-order valence-electron chi connectivity index (χ0n) is 5.17. The first kappa shape index (κ1) is 7.39. The molecule has 0 unspecified atom stereocenters. The van der Waals surface area contributed by atoms with Crippen LogP contribution in [0.15, 0.2) is 11.0 Å². The Hall–Kier alpha value is -1.72. The Morgan fingerprint density at radius 2 is 2.36 bits per heavy atom. The average molecular weight is 158 g/mol. The third kappa shape index (κ3) is 1.40. The molecule has 0 bridgehead atoms. The van der Waals surface area contributed by atoms with Crippen LogP contribution >= 0.6 is 0 Å². The largest absolute Gasteiger partial charge is 0.475 e. The van der Waals surface area contributed by atoms with Crippen molar-refractivity contribution in [3.63, 3.8) is 0 Å². The first-order chi connectivity index (χ1) is 5.11. The molecule has 0 atom stereocenters. The molecule has 58 valence electrons. The average Bonchev–Trinajstić information content (AvgIpc) is 1.94. The number of carboxylic acid groups (broad SMARTS) is 1. The number of hydrogen-bond donors (Lipinski definition) is 2. The molecule has 1 rings (SSSR count). The summed E-state index contributed by atoms with van der Waals surface area (Å²) >= 11 is 0. The number of nitrogens with zero attached hydrogens (tertiary/aromatic N) is 1. The highest BCUT2D eigenvalue weighted by molar-refractivity contribution is 5.82. The Bertz CT molecular complexity index is 346. The second-order valence-electron chi connectivity index (χ2n) is 1.71. The van der Waals surface area contributed by atoms with E-state index in [-0.39, 0.29) is 0 Å². The van der Waals surface area contributed by atoms with Gasteiger partial charge in [0, 0.05) is 0 Å². The highest BCUT2D eigenvalue weighted by Crippen LogP contribution is 1.86. The summed E-state index contributed by atoms with van der Waals surface area (Å²) in [4.78, 5) is 25.4. The van der Waals surface area contributed by atoms with Crippen molar-refractivity contribution in [2.75, 3.05) is 0 Å². The summed E-state index contributed by atoms with van der Waals surface area (Å²) in [5.74, 6) is -3.08. The Balaban J connectivity index is 3.26. The SMILES string of the molecule is O=C(O)c1ncc(F)c(=O)[nH]1. The maximum Gasteiger partial charge on any atom is 0.372 e. The van der Waals surface area contributed by atoms with E-state index >= 15 is 0 Å². The summed E-state index contributed by atoms with van der Waals surface area (Å²) in [6.07, 6.45) is 0.558. The molecule has 0 saturated heterocycles. The molecule has 1 aromatic heterocycles. The predicted octanol–water partition coefficient (Wildman–Crippen LogP) is -0.393. The quantitative estimate of drug-likeness (QED) is 0.582. The Kier molecular flexibility index (Phi) is 1.67. The molecular formula is C5H3FN2O3. The van der Waals surface area contributed by atoms with Crippen LogP contribution in [0.4, 0.5) is 4.39 Å². The zero-order chi connectivity index (χ0) is 8.43. The molecule has 0 aliphatic heterocycles. The van der Waals surface area contributed by atoms with Crippen molar-refractivity contribution >= 4 is 5.97 Å². The molecule has 0 saturated carbocycles. The van der Waals surface area contributed by atoms with Crippen LogP contribution in [0.3, 0.4) is 0 Å². The van der Waals surface area contributed by atoms with Crippen LogP contribution < -0.4 is 5.56 Å². The lowest BCUT2D eigenvalue weighted by Crippen LogP contribution is -2.17. The van der Waals surface area contributed by atoms with E-state index in [4.69, 9.17) is 5.11 Å². The van der Waals surface area contributed by atoms with E-state index < -0.39 is 23.2 Å². The number of H-pyrrole nitrogens is 1. The summed E-state index contributed by atoms with van der Waals surface area (Å²) in [7, 11) is 0. The number of aromatic nitrogens is 2. The van der Waals surface area contributed by atoms with Gasteiger partial charge >= 0.3 is 5.97 Å². The fourth-order valence-electron chi connectivity index (χ4n) is 0.488. The first-order valence-electron chi connectivity index (χ1n) is 2.59. The molecular weight excluding hydrogens is 155 g/mol. The molecule has 0 aliphatic rings. The molecule has 6 heteroatoms. The number of aromatic amines is 1. The van der Waals surface area contributed by atoms with Crippen LogP contribution in [0, 0.1) is 5.82 Å². The number of aromatic carboxylic acids is 1. The number of carboxylic acids is 1. The Labute approximate surface area is 59.5 Å². The summed E-state index contributed by atoms with van der Waals surface area (Å²) in [6.45, 7) is 0. The molecule has 0 spiro atoms. The fraction of sp³-hybridized carbons (Fsp3) is 0. The van der Waals surface area contributed by atoms with Gasteiger partial charge in [-0.3, -0.25) is 9.78 Å². The summed E-state index contributed by atoms with van der Waals surface area (Å²) in [6, 6.07) is 0. The van der Waals surface area contributed by atoms with Crippen molar-refractivity contribution in [3.05, 3.63) is 28.2 Å². The van der Waals surface area contributed by atoms with Crippen LogP contribution in [-0.2, 0) is 0 Å². The van der Waals surface area contributed by atoms with E-state index in [1.807, 2.05) is 0 Å². The van der Waals surface area contributed by atoms with Crippen molar-refractivity contribution in [2.24, 2.45) is 0 Å². The van der Waals surface area contributed by atoms with Crippen LogP contribution in [-0.4, -0.2) is 21.0 Å². The molecule has 1 heterocycles. The number of carbonyl (C=O) groups is 1. The van der Waals surface area contributed by atoms with Gasteiger partial charge in [0.25, 0.3) is 5.56 Å². The fourth-order valence-corrected chi connectivity index (χ4v) is 0.488. The molecule has 0 aliphatic carbocycles. The van der Waals surface area contributed by atoms with Crippen LogP contribution in [0.2, 0.25) is 0 Å². The third-order valence-electron chi connectivity index (χ3n) is 0.958. The van der Waals surface area contributed by atoms with E-state index in [0.717, 1.165) is 0 Å². The van der Waals surface area contributed by atoms with Gasteiger partial charge in [-0.2, -0.15) is 4.39 Å². The van der Waals surface area contributed by atoms with Gasteiger partial charge in [-0.05, 0) is 0 Å². The van der Waals surface area contributed by atoms with E-state index in [0.29, 0.717) is 6.20 Å². The lowest BCUT2D eigenvalue weighted by Gasteiger charge is -1.90. The third-order valence-corrected chi connectivity index (χ3v) is 0.958. The Morgan fingerprint density at radius 1 is 1.73 bits per heavy atom. The molecule has 1 aromatic rings. The molecule has 0 fully saturated rings. The topological polar surface area (TPSA) is 83.0 Å². The predicted molar refractivity (Wildman–Crippen MR) is 31.8 cm³/mol. The lowest BCUT2D eigenvalue weighted by atomic mass is 10.5. The van der Waals surface area contributed by atoms with Crippen molar-refractivity contribution < 1.29 is 14.3 Å². The maximum absolute atomic E-state index is 12.2. The van der Waals surface area contributed by atoms with Gasteiger partial charge in [-0.25, -0.2) is 9.78 Å². The number of nitrogens with one attached hydrogen (secondary N) is 1. The Morgan fingerprint density at radius 3 is 2.82 bits per heavy atom. The number of hydrogen-bond acceptors (Lipinski definition) is 3. The smallest absolute Gasteiger partial charge is 0.372 e. The van der Waals surface area contributed by atoms with Gasteiger partial charge in [0.05, 0.1) is 6.20 Å². The first-order valence-corrected chi connectivity index (χ1v) is 2.59. The van der Waals surface area contributed by atoms with Gasteiger partial charge in [0.15, 0.2) is 0 Å². The van der Waals surface area contributed by atoms with E-state index in [1.54, 1.807) is 4.98 Å². The van der Waals surface area contributed by atoms with Gasteiger partial charge < -0.3 is 5.11 Å². The van der Waals surface area contributed by atoms with Crippen LogP contribution in [0.5, 0.6) is 0 Å². The van der Waals surface area contributed by atoms with Gasteiger partial charge in [-0.15, -0.1) is 0 Å². The number of halogens is 1. The second kappa shape index (κ2) is 2.49. The monoisotopic (exact) mass is 158 g/mol. The van der Waals surface area contributed by atoms with Crippen molar-refractivity contribution in [2.45, 2.75) is 0 Å². The zero-order valence-corrected chi connectivity index (χ0v) is 5.17. The van der Waals surface area contributed by atoms with Gasteiger partial charge in [0.2, 0.25) is 11.6 Å². The highest BCUT2D eigenvalue weighted by atomic mass is 19.1. The standard InChI is InChI=1S/C5H3FN2O3/c6-2-1-7-3(5(10)11)8-4(2)9/h1H,(H,10,11)(H,7,8,9).